The van der Waals surface area contributed by atoms with Gasteiger partial charge in [0, 0.05) is 21.3 Å². The molecule has 0 N–H and O–H groups in total. The Kier molecular flexibility index (Phi) is 4.99. The van der Waals surface area contributed by atoms with Gasteiger partial charge in [0.05, 0.1) is 5.02 Å². The molecule has 0 saturated carbocycles. The number of hydrogen-bond donors (Lipinski definition) is 0. The second-order valence-corrected chi connectivity index (χ2v) is 7.41. The van der Waals surface area contributed by atoms with E-state index in [4.69, 9.17) is 38.6 Å². The summed E-state index contributed by atoms with van der Waals surface area (Å²) in [5, 5.41) is 0.146. The lowest BCUT2D eigenvalue weighted by atomic mass is 10.2. The average molecular weight is 370 g/mol. The summed E-state index contributed by atoms with van der Waals surface area (Å²) in [6, 6.07) is 8.39. The normalized spacial score (nSPS) is 11.4. The summed E-state index contributed by atoms with van der Waals surface area (Å²) in [6.45, 7) is -0.201. The molecule has 0 aliphatic rings. The zero-order valence-electron chi connectivity index (χ0n) is 10.3. The topological polar surface area (TPSA) is 43.4 Å². The minimum absolute atomic E-state index is 0.0197. The van der Waals surface area contributed by atoms with E-state index in [0.29, 0.717) is 0 Å². The van der Waals surface area contributed by atoms with E-state index in [1.165, 1.54) is 24.3 Å². The molecule has 0 radical (unpaired) electrons. The summed E-state index contributed by atoms with van der Waals surface area (Å²) in [5.74, 6) is -0.641. The van der Waals surface area contributed by atoms with Gasteiger partial charge in [-0.25, -0.2) is 12.8 Å². The molecule has 2 aromatic carbocycles. The Bertz CT molecular complexity index is 778. The molecule has 0 spiro atoms. The molecule has 2 rings (SSSR count). The Labute approximate surface area is 135 Å². The van der Waals surface area contributed by atoms with E-state index in [1.807, 2.05) is 0 Å². The molecule has 0 amide bonds. The van der Waals surface area contributed by atoms with Crippen molar-refractivity contribution < 1.29 is 17.5 Å². The van der Waals surface area contributed by atoms with Gasteiger partial charge in [-0.05, 0) is 24.3 Å². The Balaban J connectivity index is 2.31. The molecule has 21 heavy (non-hydrogen) atoms. The molecule has 0 bridgehead atoms. The molecule has 0 heterocycles. The van der Waals surface area contributed by atoms with Gasteiger partial charge in [0.1, 0.15) is 23.1 Å². The van der Waals surface area contributed by atoms with E-state index in [1.54, 1.807) is 6.07 Å². The first-order valence-corrected chi connectivity index (χ1v) is 8.65. The van der Waals surface area contributed by atoms with Crippen molar-refractivity contribution in [3.63, 3.8) is 0 Å². The van der Waals surface area contributed by atoms with Crippen LogP contribution in [0.15, 0.2) is 41.3 Å². The molecule has 2 aromatic rings. The SMILES string of the molecule is O=S(=O)(Cl)c1cc(Cl)ccc1OCc1cccc(Cl)c1F. The number of benzene rings is 2. The quantitative estimate of drug-likeness (QED) is 0.737. The van der Waals surface area contributed by atoms with E-state index in [9.17, 15) is 12.8 Å². The number of halogens is 4. The highest BCUT2D eigenvalue weighted by Gasteiger charge is 2.18. The van der Waals surface area contributed by atoms with Crippen LogP contribution in [-0.2, 0) is 15.7 Å². The molecule has 0 aliphatic carbocycles. The van der Waals surface area contributed by atoms with Crippen molar-refractivity contribution in [1.29, 1.82) is 0 Å². The molecule has 3 nitrogen and oxygen atoms in total. The molecule has 112 valence electrons. The van der Waals surface area contributed by atoms with Crippen molar-refractivity contribution >= 4 is 42.9 Å². The molecule has 8 heteroatoms. The van der Waals surface area contributed by atoms with Gasteiger partial charge in [-0.2, -0.15) is 0 Å². The summed E-state index contributed by atoms with van der Waals surface area (Å²) in [6.07, 6.45) is 0. The van der Waals surface area contributed by atoms with Crippen molar-refractivity contribution in [3.05, 3.63) is 57.8 Å². The second kappa shape index (κ2) is 6.40. The Hall–Kier alpha value is -1.01. The first-order chi connectivity index (χ1) is 9.79. The number of hydrogen-bond acceptors (Lipinski definition) is 3. The van der Waals surface area contributed by atoms with Crippen LogP contribution in [0.2, 0.25) is 10.0 Å². The fourth-order valence-electron chi connectivity index (χ4n) is 1.61. The molecule has 0 aliphatic heterocycles. The van der Waals surface area contributed by atoms with Crippen LogP contribution in [-0.4, -0.2) is 8.42 Å². The lowest BCUT2D eigenvalue weighted by Gasteiger charge is -2.11. The first-order valence-electron chi connectivity index (χ1n) is 5.59. The fraction of sp³-hybridized carbons (Fsp3) is 0.0769. The Morgan fingerprint density at radius 3 is 2.52 bits per heavy atom. The molecular formula is C13H8Cl3FO3S. The van der Waals surface area contributed by atoms with Gasteiger partial charge >= 0.3 is 0 Å². The van der Waals surface area contributed by atoms with Crippen LogP contribution in [0.25, 0.3) is 0 Å². The van der Waals surface area contributed by atoms with Crippen molar-refractivity contribution in [3.8, 4) is 5.75 Å². The van der Waals surface area contributed by atoms with Crippen LogP contribution in [0.4, 0.5) is 4.39 Å². The monoisotopic (exact) mass is 368 g/mol. The van der Waals surface area contributed by atoms with Crippen LogP contribution < -0.4 is 4.74 Å². The fourth-order valence-corrected chi connectivity index (χ4v) is 3.03. The van der Waals surface area contributed by atoms with Gasteiger partial charge < -0.3 is 4.74 Å². The Morgan fingerprint density at radius 2 is 1.86 bits per heavy atom. The van der Waals surface area contributed by atoms with Crippen molar-refractivity contribution in [2.45, 2.75) is 11.5 Å². The van der Waals surface area contributed by atoms with Crippen LogP contribution in [0.1, 0.15) is 5.56 Å². The van der Waals surface area contributed by atoms with Gasteiger partial charge in [0.15, 0.2) is 0 Å². The van der Waals surface area contributed by atoms with Gasteiger partial charge in [-0.15, -0.1) is 0 Å². The maximum atomic E-state index is 13.7. The lowest BCUT2D eigenvalue weighted by molar-refractivity contribution is 0.292. The highest BCUT2D eigenvalue weighted by atomic mass is 35.7. The minimum Gasteiger partial charge on any atom is -0.487 e. The maximum absolute atomic E-state index is 13.7. The molecule has 0 aromatic heterocycles. The van der Waals surface area contributed by atoms with E-state index < -0.39 is 14.9 Å². The van der Waals surface area contributed by atoms with Gasteiger partial charge in [0.2, 0.25) is 0 Å². The van der Waals surface area contributed by atoms with Crippen LogP contribution >= 0.6 is 33.9 Å². The third kappa shape index (κ3) is 4.01. The smallest absolute Gasteiger partial charge is 0.265 e. The van der Waals surface area contributed by atoms with Gasteiger partial charge in [0.25, 0.3) is 9.05 Å². The standard InChI is InChI=1S/C13H8Cl3FO3S/c14-9-4-5-11(12(6-9)21(16,18)19)20-7-8-2-1-3-10(15)13(8)17/h1-6H,7H2. The van der Waals surface area contributed by atoms with Crippen molar-refractivity contribution in [1.82, 2.24) is 0 Å². The second-order valence-electron chi connectivity index (χ2n) is 4.03. The maximum Gasteiger partial charge on any atom is 0.265 e. The molecule has 0 fully saturated rings. The highest BCUT2D eigenvalue weighted by Crippen LogP contribution is 2.31. The number of ether oxygens (including phenoxy) is 1. The predicted molar refractivity (Wildman–Crippen MR) is 80.2 cm³/mol. The third-order valence-electron chi connectivity index (χ3n) is 2.58. The predicted octanol–water partition coefficient (Wildman–Crippen LogP) is 4.64. The third-order valence-corrected chi connectivity index (χ3v) is 4.45. The first kappa shape index (κ1) is 16.4. The van der Waals surface area contributed by atoms with Gasteiger partial charge in [-0.3, -0.25) is 0 Å². The van der Waals surface area contributed by atoms with Gasteiger partial charge in [-0.1, -0.05) is 35.3 Å². The summed E-state index contributed by atoms with van der Waals surface area (Å²) >= 11 is 11.4. The van der Waals surface area contributed by atoms with Crippen LogP contribution in [0.3, 0.4) is 0 Å². The Morgan fingerprint density at radius 1 is 1.14 bits per heavy atom. The zero-order valence-corrected chi connectivity index (χ0v) is 13.4. The molecular weight excluding hydrogens is 362 g/mol. The summed E-state index contributed by atoms with van der Waals surface area (Å²) in [4.78, 5) is -0.279. The molecule has 0 saturated heterocycles. The molecule has 0 atom stereocenters. The summed E-state index contributed by atoms with van der Waals surface area (Å²) in [5.41, 5.74) is 0.190. The summed E-state index contributed by atoms with van der Waals surface area (Å²) in [7, 11) is 1.28. The lowest BCUT2D eigenvalue weighted by Crippen LogP contribution is -2.02. The highest BCUT2D eigenvalue weighted by molar-refractivity contribution is 8.13. The van der Waals surface area contributed by atoms with E-state index in [-0.39, 0.29) is 32.9 Å². The van der Waals surface area contributed by atoms with Crippen LogP contribution in [0, 0.1) is 5.82 Å². The molecule has 0 unspecified atom stereocenters. The largest absolute Gasteiger partial charge is 0.487 e. The van der Waals surface area contributed by atoms with Crippen molar-refractivity contribution in [2.24, 2.45) is 0 Å². The minimum atomic E-state index is -4.04. The van der Waals surface area contributed by atoms with E-state index >= 15 is 0 Å². The zero-order chi connectivity index (χ0) is 15.6. The van der Waals surface area contributed by atoms with Crippen molar-refractivity contribution in [2.75, 3.05) is 0 Å². The summed E-state index contributed by atoms with van der Waals surface area (Å²) < 4.78 is 42.0. The van der Waals surface area contributed by atoms with Crippen LogP contribution in [0.5, 0.6) is 5.75 Å². The van der Waals surface area contributed by atoms with E-state index in [0.717, 1.165) is 6.07 Å². The average Bonchev–Trinajstić information content (AvgIpc) is 2.40. The van der Waals surface area contributed by atoms with E-state index in [2.05, 4.69) is 0 Å². The number of rotatable bonds is 4.